The molecule has 1 aromatic heterocycles. The van der Waals surface area contributed by atoms with Crippen molar-refractivity contribution in [3.8, 4) is 0 Å². The lowest BCUT2D eigenvalue weighted by atomic mass is 9.83. The van der Waals surface area contributed by atoms with Crippen LogP contribution in [0.1, 0.15) is 50.1 Å². The third kappa shape index (κ3) is 4.08. The predicted molar refractivity (Wildman–Crippen MR) is 114 cm³/mol. The average molecular weight is 428 g/mol. The van der Waals surface area contributed by atoms with E-state index in [1.54, 1.807) is 18.7 Å². The number of fused-ring (bicyclic) bond motifs is 1. The minimum atomic E-state index is -0.679. The lowest BCUT2D eigenvalue weighted by Crippen LogP contribution is -2.44. The van der Waals surface area contributed by atoms with E-state index in [-0.39, 0.29) is 24.1 Å². The fraction of sp³-hybridized carbons (Fsp3) is 0.545. The van der Waals surface area contributed by atoms with Gasteiger partial charge in [0.1, 0.15) is 12.1 Å². The van der Waals surface area contributed by atoms with Crippen LogP contribution in [-0.4, -0.2) is 40.2 Å². The second-order valence-electron chi connectivity index (χ2n) is 8.47. The number of alkyl carbamates (subject to hydrolysis) is 1. The van der Waals surface area contributed by atoms with Gasteiger partial charge >= 0.3 is 11.8 Å². The zero-order valence-electron chi connectivity index (χ0n) is 17.8. The van der Waals surface area contributed by atoms with Crippen molar-refractivity contribution in [3.05, 3.63) is 34.2 Å². The van der Waals surface area contributed by atoms with Gasteiger partial charge in [-0.15, -0.1) is 0 Å². The highest BCUT2D eigenvalue weighted by Gasteiger charge is 2.32. The summed E-state index contributed by atoms with van der Waals surface area (Å²) >= 11 is 0. The second kappa shape index (κ2) is 8.56. The average Bonchev–Trinajstić information content (AvgIpc) is 3.01. The number of carbonyl (C=O) groups is 3. The van der Waals surface area contributed by atoms with Gasteiger partial charge in [-0.3, -0.25) is 24.0 Å². The summed E-state index contributed by atoms with van der Waals surface area (Å²) in [6.07, 6.45) is 4.46. The summed E-state index contributed by atoms with van der Waals surface area (Å²) in [5.74, 6) is -0.291. The van der Waals surface area contributed by atoms with E-state index in [9.17, 15) is 19.2 Å². The van der Waals surface area contributed by atoms with Gasteiger partial charge in [0.2, 0.25) is 11.8 Å². The van der Waals surface area contributed by atoms with Gasteiger partial charge < -0.3 is 10.1 Å². The van der Waals surface area contributed by atoms with E-state index >= 15 is 0 Å². The van der Waals surface area contributed by atoms with Crippen LogP contribution in [0.5, 0.6) is 0 Å². The molecule has 2 heterocycles. The fourth-order valence-corrected chi connectivity index (χ4v) is 4.89. The van der Waals surface area contributed by atoms with E-state index in [0.29, 0.717) is 12.3 Å². The van der Waals surface area contributed by atoms with Crippen LogP contribution in [0.3, 0.4) is 0 Å². The fourth-order valence-electron chi connectivity index (χ4n) is 4.89. The van der Waals surface area contributed by atoms with E-state index in [1.807, 2.05) is 18.2 Å². The topological polar surface area (TPSA) is 111 Å². The number of ether oxygens (including phenoxy) is 1. The summed E-state index contributed by atoms with van der Waals surface area (Å²) in [6.45, 7) is 0. The lowest BCUT2D eigenvalue weighted by molar-refractivity contribution is -0.135. The third-order valence-electron chi connectivity index (χ3n) is 6.49. The molecule has 0 bridgehead atoms. The Morgan fingerprint density at radius 1 is 1.16 bits per heavy atom. The summed E-state index contributed by atoms with van der Waals surface area (Å²) in [6, 6.07) is 5.13. The molecule has 2 N–H and O–H groups in total. The highest BCUT2D eigenvalue weighted by molar-refractivity contribution is 6.00. The Bertz CT molecular complexity index is 1080. The molecule has 1 aromatic carbocycles. The first-order chi connectivity index (χ1) is 14.9. The summed E-state index contributed by atoms with van der Waals surface area (Å²) < 4.78 is 8.50. The van der Waals surface area contributed by atoms with Crippen molar-refractivity contribution >= 4 is 28.9 Å². The van der Waals surface area contributed by atoms with E-state index < -0.39 is 18.0 Å². The number of aryl methyl sites for hydroxylation is 1. The first-order valence-electron chi connectivity index (χ1n) is 10.8. The van der Waals surface area contributed by atoms with E-state index in [2.05, 4.69) is 10.6 Å². The van der Waals surface area contributed by atoms with Gasteiger partial charge in [0.05, 0.1) is 11.0 Å². The maximum absolute atomic E-state index is 13.0. The number of hydrogen-bond acceptors (Lipinski definition) is 5. The van der Waals surface area contributed by atoms with Crippen LogP contribution < -0.4 is 16.3 Å². The molecule has 1 saturated carbocycles. The predicted octanol–water partition coefficient (Wildman–Crippen LogP) is 1.77. The molecule has 166 valence electrons. The van der Waals surface area contributed by atoms with E-state index in [4.69, 9.17) is 4.74 Å². The number of imidazole rings is 1. The van der Waals surface area contributed by atoms with Crippen LogP contribution in [-0.2, 0) is 27.8 Å². The number of nitrogens with zero attached hydrogens (tertiary/aromatic N) is 2. The van der Waals surface area contributed by atoms with Crippen molar-refractivity contribution in [1.29, 1.82) is 0 Å². The first-order valence-corrected chi connectivity index (χ1v) is 10.8. The van der Waals surface area contributed by atoms with Crippen LogP contribution >= 0.6 is 0 Å². The quantitative estimate of drug-likeness (QED) is 0.721. The zero-order chi connectivity index (χ0) is 22.1. The first kappa shape index (κ1) is 21.1. The number of carbonyl (C=O) groups excluding carboxylic acids is 3. The normalized spacial score (nSPS) is 24.1. The number of para-hydroxylation sites is 1. The van der Waals surface area contributed by atoms with Crippen LogP contribution in [0.15, 0.2) is 23.0 Å². The van der Waals surface area contributed by atoms with Crippen molar-refractivity contribution in [2.75, 3.05) is 7.05 Å². The number of rotatable bonds is 4. The molecule has 1 saturated heterocycles. The Balaban J connectivity index is 1.57. The monoisotopic (exact) mass is 428 g/mol. The summed E-state index contributed by atoms with van der Waals surface area (Å²) in [7, 11) is 3.28. The zero-order valence-corrected chi connectivity index (χ0v) is 17.8. The van der Waals surface area contributed by atoms with Gasteiger partial charge in [-0.25, -0.2) is 9.59 Å². The standard InChI is InChI=1S/C22H28N4O5/c1-23-21(29)31-15-8-6-13(7-9-15)12-14-4-3-5-16-19(14)25(2)22(30)26(16)17-10-11-18(27)24-20(17)28/h3-5,13,15,17H,6-12H2,1-2H3,(H,23,29)(H,24,27,28). The Labute approximate surface area is 179 Å². The van der Waals surface area contributed by atoms with E-state index in [1.165, 1.54) is 4.57 Å². The van der Waals surface area contributed by atoms with Crippen molar-refractivity contribution in [1.82, 2.24) is 19.8 Å². The summed E-state index contributed by atoms with van der Waals surface area (Å²) in [5, 5.41) is 4.83. The Kier molecular flexibility index (Phi) is 5.84. The molecule has 2 aliphatic rings. The minimum Gasteiger partial charge on any atom is -0.446 e. The van der Waals surface area contributed by atoms with Crippen LogP contribution in [0.2, 0.25) is 0 Å². The number of piperidine rings is 1. The second-order valence-corrected chi connectivity index (χ2v) is 8.47. The minimum absolute atomic E-state index is 0.0510. The Morgan fingerprint density at radius 3 is 2.58 bits per heavy atom. The van der Waals surface area contributed by atoms with Crippen molar-refractivity contribution in [3.63, 3.8) is 0 Å². The molecule has 1 aliphatic carbocycles. The number of amides is 3. The van der Waals surface area contributed by atoms with Crippen molar-refractivity contribution < 1.29 is 19.1 Å². The van der Waals surface area contributed by atoms with Crippen LogP contribution in [0.4, 0.5) is 4.79 Å². The van der Waals surface area contributed by atoms with Gasteiger partial charge in [-0.1, -0.05) is 12.1 Å². The van der Waals surface area contributed by atoms with Crippen LogP contribution in [0.25, 0.3) is 11.0 Å². The molecule has 2 aromatic rings. The van der Waals surface area contributed by atoms with Gasteiger partial charge in [0, 0.05) is 20.5 Å². The van der Waals surface area contributed by atoms with Gasteiger partial charge in [0.15, 0.2) is 0 Å². The van der Waals surface area contributed by atoms with Crippen molar-refractivity contribution in [2.45, 2.75) is 57.1 Å². The smallest absolute Gasteiger partial charge is 0.407 e. The van der Waals surface area contributed by atoms with Gasteiger partial charge in [-0.05, 0) is 56.1 Å². The van der Waals surface area contributed by atoms with Gasteiger partial charge in [0.25, 0.3) is 0 Å². The number of benzene rings is 1. The van der Waals surface area contributed by atoms with Crippen LogP contribution in [0, 0.1) is 5.92 Å². The number of nitrogens with one attached hydrogen (secondary N) is 2. The molecule has 31 heavy (non-hydrogen) atoms. The maximum Gasteiger partial charge on any atom is 0.407 e. The molecule has 9 heteroatoms. The third-order valence-corrected chi connectivity index (χ3v) is 6.49. The maximum atomic E-state index is 13.0. The molecular weight excluding hydrogens is 400 g/mol. The summed E-state index contributed by atoms with van der Waals surface area (Å²) in [4.78, 5) is 48.4. The molecular formula is C22H28N4O5. The highest BCUT2D eigenvalue weighted by atomic mass is 16.6. The number of imide groups is 1. The molecule has 4 rings (SSSR count). The Hall–Kier alpha value is -3.10. The van der Waals surface area contributed by atoms with Gasteiger partial charge in [-0.2, -0.15) is 0 Å². The lowest BCUT2D eigenvalue weighted by Gasteiger charge is -2.28. The van der Waals surface area contributed by atoms with E-state index in [0.717, 1.165) is 48.7 Å². The molecule has 0 radical (unpaired) electrons. The highest BCUT2D eigenvalue weighted by Crippen LogP contribution is 2.32. The Morgan fingerprint density at radius 2 is 1.90 bits per heavy atom. The number of hydrogen-bond donors (Lipinski definition) is 2. The molecule has 3 amide bonds. The molecule has 1 aliphatic heterocycles. The molecule has 0 spiro atoms. The molecule has 9 nitrogen and oxygen atoms in total. The largest absolute Gasteiger partial charge is 0.446 e. The summed E-state index contributed by atoms with van der Waals surface area (Å²) in [5.41, 5.74) is 2.37. The SMILES string of the molecule is CNC(=O)OC1CCC(Cc2cccc3c2n(C)c(=O)n3C2CCC(=O)NC2=O)CC1. The number of aromatic nitrogens is 2. The molecule has 2 fully saturated rings. The molecule has 1 unspecified atom stereocenters. The van der Waals surface area contributed by atoms with Crippen molar-refractivity contribution in [2.24, 2.45) is 13.0 Å². The molecule has 1 atom stereocenters.